The monoisotopic (exact) mass is 380 g/mol. The fraction of sp³-hybridized carbons (Fsp3) is 1.00. The number of rotatable bonds is 12. The number of hydrogen-bond acceptors (Lipinski definition) is 9. The lowest BCUT2D eigenvalue weighted by atomic mass is 10.3. The van der Waals surface area contributed by atoms with Crippen LogP contribution < -0.4 is 0 Å². The average molecular weight is 380 g/mol. The third-order valence-corrected chi connectivity index (χ3v) is 6.11. The summed E-state index contributed by atoms with van der Waals surface area (Å²) in [6.45, 7) is 4.66. The molecule has 0 saturated carbocycles. The maximum absolute atomic E-state index is 11.6. The SMILES string of the molecule is CCCS(=O)(=O)OB(OS(=O)(=O)CCC)OS(=O)(=O)CCC. The molecule has 0 aliphatic rings. The molecule has 0 radical (unpaired) electrons. The van der Waals surface area contributed by atoms with Crippen LogP contribution in [0.1, 0.15) is 40.0 Å². The van der Waals surface area contributed by atoms with Crippen LogP contribution in [-0.4, -0.2) is 49.8 Å². The molecule has 0 amide bonds. The second-order valence-electron chi connectivity index (χ2n) is 4.36. The Balaban J connectivity index is 5.24. The van der Waals surface area contributed by atoms with Crippen LogP contribution in [0.2, 0.25) is 0 Å². The molecule has 0 unspecified atom stereocenters. The molecule has 0 bridgehead atoms. The fourth-order valence-electron chi connectivity index (χ4n) is 1.30. The lowest BCUT2D eigenvalue weighted by Crippen LogP contribution is -2.36. The van der Waals surface area contributed by atoms with Gasteiger partial charge in [-0.05, 0) is 19.3 Å². The van der Waals surface area contributed by atoms with Gasteiger partial charge in [-0.2, -0.15) is 0 Å². The molecule has 9 nitrogen and oxygen atoms in total. The van der Waals surface area contributed by atoms with Crippen molar-refractivity contribution in [1.82, 2.24) is 0 Å². The first-order valence-electron chi connectivity index (χ1n) is 6.69. The Morgan fingerprint density at radius 2 is 0.818 bits per heavy atom. The lowest BCUT2D eigenvalue weighted by Gasteiger charge is -2.13. The first-order valence-corrected chi connectivity index (χ1v) is 11.4. The second kappa shape index (κ2) is 9.18. The maximum atomic E-state index is 11.6. The van der Waals surface area contributed by atoms with E-state index in [9.17, 15) is 25.3 Å². The molecule has 0 fully saturated rings. The summed E-state index contributed by atoms with van der Waals surface area (Å²) in [6, 6.07) is 0. The van der Waals surface area contributed by atoms with Gasteiger partial charge in [0, 0.05) is 0 Å². The quantitative estimate of drug-likeness (QED) is 0.437. The smallest absolute Gasteiger partial charge is 0.270 e. The molecule has 0 aliphatic heterocycles. The van der Waals surface area contributed by atoms with E-state index in [0.29, 0.717) is 0 Å². The van der Waals surface area contributed by atoms with E-state index >= 15 is 0 Å². The van der Waals surface area contributed by atoms with E-state index in [-0.39, 0.29) is 19.3 Å². The van der Waals surface area contributed by atoms with E-state index < -0.39 is 54.9 Å². The van der Waals surface area contributed by atoms with E-state index in [2.05, 4.69) is 12.3 Å². The van der Waals surface area contributed by atoms with E-state index in [1.807, 2.05) is 0 Å². The Morgan fingerprint density at radius 3 is 1.00 bits per heavy atom. The van der Waals surface area contributed by atoms with Crippen LogP contribution in [0.4, 0.5) is 0 Å². The van der Waals surface area contributed by atoms with Crippen molar-refractivity contribution >= 4 is 37.7 Å². The summed E-state index contributed by atoms with van der Waals surface area (Å²) in [4.78, 5) is 0. The van der Waals surface area contributed by atoms with Gasteiger partial charge < -0.3 is 0 Å². The largest absolute Gasteiger partial charge is 0.684 e. The van der Waals surface area contributed by atoms with E-state index in [1.54, 1.807) is 20.8 Å². The predicted octanol–water partition coefficient (Wildman–Crippen LogP) is 0.241. The van der Waals surface area contributed by atoms with Gasteiger partial charge >= 0.3 is 7.32 Å². The Kier molecular flexibility index (Phi) is 9.09. The van der Waals surface area contributed by atoms with Crippen LogP contribution >= 0.6 is 0 Å². The summed E-state index contributed by atoms with van der Waals surface area (Å²) >= 11 is 0. The van der Waals surface area contributed by atoms with Crippen molar-refractivity contribution in [1.29, 1.82) is 0 Å². The van der Waals surface area contributed by atoms with Crippen molar-refractivity contribution in [3.63, 3.8) is 0 Å². The van der Waals surface area contributed by atoms with Gasteiger partial charge in [-0.15, -0.1) is 0 Å². The summed E-state index contributed by atoms with van der Waals surface area (Å²) in [6.07, 6.45) is 0.579. The molecule has 0 atom stereocenters. The first-order chi connectivity index (χ1) is 9.97. The van der Waals surface area contributed by atoms with Crippen molar-refractivity contribution in [2.45, 2.75) is 40.0 Å². The molecule has 0 aromatic carbocycles. The minimum atomic E-state index is -4.18. The van der Waals surface area contributed by atoms with Gasteiger partial charge in [0.25, 0.3) is 30.4 Å². The summed E-state index contributed by atoms with van der Waals surface area (Å²) in [7, 11) is -14.9. The van der Waals surface area contributed by atoms with Crippen molar-refractivity contribution in [3.8, 4) is 0 Å². The Bertz CT molecular complexity index is 533. The molecular formula is C9H21BO9S3. The highest BCUT2D eigenvalue weighted by Gasteiger charge is 2.38. The first kappa shape index (κ1) is 21.8. The molecule has 0 aromatic heterocycles. The van der Waals surface area contributed by atoms with Crippen LogP contribution in [0, 0.1) is 0 Å². The van der Waals surface area contributed by atoms with Gasteiger partial charge in [0.2, 0.25) is 0 Å². The van der Waals surface area contributed by atoms with Crippen LogP contribution in [0.15, 0.2) is 0 Å². The van der Waals surface area contributed by atoms with E-state index in [1.165, 1.54) is 0 Å². The Morgan fingerprint density at radius 1 is 0.591 bits per heavy atom. The van der Waals surface area contributed by atoms with Gasteiger partial charge in [-0.1, -0.05) is 20.8 Å². The van der Waals surface area contributed by atoms with Crippen LogP contribution in [0.25, 0.3) is 0 Å². The van der Waals surface area contributed by atoms with Gasteiger partial charge in [0.1, 0.15) is 0 Å². The zero-order valence-corrected chi connectivity index (χ0v) is 15.2. The van der Waals surface area contributed by atoms with Gasteiger partial charge in [0.15, 0.2) is 0 Å². The summed E-state index contributed by atoms with van der Waals surface area (Å²) in [5.41, 5.74) is 0. The Hall–Kier alpha value is -0.205. The van der Waals surface area contributed by atoms with Crippen LogP contribution in [0.3, 0.4) is 0 Å². The maximum Gasteiger partial charge on any atom is 0.684 e. The van der Waals surface area contributed by atoms with Gasteiger partial charge in [-0.25, -0.2) is 25.3 Å². The predicted molar refractivity (Wildman–Crippen MR) is 81.2 cm³/mol. The highest BCUT2D eigenvalue weighted by molar-refractivity contribution is 7.90. The topological polar surface area (TPSA) is 130 Å². The third kappa shape index (κ3) is 9.74. The zero-order valence-electron chi connectivity index (χ0n) is 12.7. The summed E-state index contributed by atoms with van der Waals surface area (Å²) < 4.78 is 82.6. The lowest BCUT2D eigenvalue weighted by molar-refractivity contribution is 0.311. The van der Waals surface area contributed by atoms with Crippen molar-refractivity contribution in [2.75, 3.05) is 17.3 Å². The van der Waals surface area contributed by atoms with Crippen molar-refractivity contribution in [3.05, 3.63) is 0 Å². The highest BCUT2D eigenvalue weighted by Crippen LogP contribution is 2.10. The molecule has 132 valence electrons. The summed E-state index contributed by atoms with van der Waals surface area (Å²) in [5.74, 6) is -1.30. The molecule has 0 heterocycles. The number of hydrogen-bond donors (Lipinski definition) is 0. The van der Waals surface area contributed by atoms with E-state index in [4.69, 9.17) is 0 Å². The second-order valence-corrected chi connectivity index (χ2v) is 9.51. The molecule has 0 spiro atoms. The van der Waals surface area contributed by atoms with Crippen LogP contribution in [0.5, 0.6) is 0 Å². The minimum absolute atomic E-state index is 0.193. The minimum Gasteiger partial charge on any atom is -0.270 e. The standard InChI is InChI=1S/C9H21BO9S3/c1-4-7-20(11,12)17-10(18-21(13,14)8-5-2)19-22(15,16)9-6-3/h4-9H2,1-3H3. The fourth-order valence-corrected chi connectivity index (χ4v) is 4.19. The van der Waals surface area contributed by atoms with Crippen LogP contribution in [-0.2, 0) is 42.7 Å². The van der Waals surface area contributed by atoms with Crippen molar-refractivity contribution < 1.29 is 37.6 Å². The van der Waals surface area contributed by atoms with Gasteiger partial charge in [-0.3, -0.25) is 12.3 Å². The average Bonchev–Trinajstić information content (AvgIpc) is 2.25. The Labute approximate surface area is 132 Å². The molecule has 0 aliphatic carbocycles. The molecule has 0 saturated heterocycles. The molecule has 13 heteroatoms. The molecule has 22 heavy (non-hydrogen) atoms. The highest BCUT2D eigenvalue weighted by atomic mass is 32.2. The molecule has 0 aromatic rings. The normalized spacial score (nSPS) is 13.2. The van der Waals surface area contributed by atoms with Gasteiger partial charge in [0.05, 0.1) is 17.3 Å². The zero-order chi connectivity index (χ0) is 17.4. The molecule has 0 N–H and O–H groups in total. The molecule has 0 rings (SSSR count). The summed E-state index contributed by atoms with van der Waals surface area (Å²) in [5, 5.41) is 0. The molecular weight excluding hydrogens is 359 g/mol. The third-order valence-electron chi connectivity index (χ3n) is 2.04. The van der Waals surface area contributed by atoms with Crippen molar-refractivity contribution in [2.24, 2.45) is 0 Å². The van der Waals surface area contributed by atoms with E-state index in [0.717, 1.165) is 0 Å².